The number of nitrogens with two attached hydrogens (primary N) is 2. The number of aryl methyl sites for hydroxylation is 1. The Morgan fingerprint density at radius 3 is 2.22 bits per heavy atom. The van der Waals surface area contributed by atoms with E-state index in [0.29, 0.717) is 49.4 Å². The van der Waals surface area contributed by atoms with Crippen LogP contribution >= 0.6 is 0 Å². The molecule has 0 saturated heterocycles. The van der Waals surface area contributed by atoms with Crippen LogP contribution in [0.15, 0.2) is 29.4 Å². The zero-order chi connectivity index (χ0) is 35.9. The minimum absolute atomic E-state index is 0.165. The number of benzene rings is 1. The average molecular weight is 682 g/mol. The number of guanidine groups is 1. The second-order valence-corrected chi connectivity index (χ2v) is 11.2. The molecule has 2 aromatic rings. The molecule has 0 aliphatic carbocycles. The van der Waals surface area contributed by atoms with Crippen LogP contribution in [0.5, 0.6) is 0 Å². The van der Waals surface area contributed by atoms with E-state index >= 15 is 0 Å². The monoisotopic (exact) mass is 681 g/mol. The Morgan fingerprint density at radius 2 is 1.55 bits per heavy atom. The maximum atomic E-state index is 13.5. The molecule has 2 atom stereocenters. The average Bonchev–Trinajstić information content (AvgIpc) is 3.09. The summed E-state index contributed by atoms with van der Waals surface area (Å²) < 4.78 is 0. The Hall–Kier alpha value is -5.42. The number of rotatable bonds is 23. The number of nitrogens with one attached hydrogen (secondary N) is 6. The first-order chi connectivity index (χ1) is 23.6. The summed E-state index contributed by atoms with van der Waals surface area (Å²) in [4.78, 5) is 54.4. The van der Waals surface area contributed by atoms with Crippen molar-refractivity contribution in [2.75, 3.05) is 26.2 Å². The number of carbonyl (C=O) groups excluding carboxylic acids is 4. The van der Waals surface area contributed by atoms with Gasteiger partial charge in [-0.1, -0.05) is 42.2 Å². The lowest BCUT2D eigenvalue weighted by atomic mass is 10.1. The van der Waals surface area contributed by atoms with Gasteiger partial charge >= 0.3 is 0 Å². The van der Waals surface area contributed by atoms with Gasteiger partial charge in [0.15, 0.2) is 11.8 Å². The number of hydrogen-bond acceptors (Lipinski definition) is 11. The molecule has 0 aliphatic rings. The smallest absolute Gasteiger partial charge is 0.243 e. The predicted molar refractivity (Wildman–Crippen MR) is 181 cm³/mol. The maximum Gasteiger partial charge on any atom is 0.243 e. The zero-order valence-electron chi connectivity index (χ0n) is 27.8. The van der Waals surface area contributed by atoms with E-state index in [1.54, 1.807) is 31.2 Å². The van der Waals surface area contributed by atoms with Crippen molar-refractivity contribution in [3.63, 3.8) is 0 Å². The van der Waals surface area contributed by atoms with Crippen molar-refractivity contribution >= 4 is 29.6 Å². The summed E-state index contributed by atoms with van der Waals surface area (Å²) in [5.41, 5.74) is 20.9. The van der Waals surface area contributed by atoms with Gasteiger partial charge in [-0.2, -0.15) is 0 Å². The summed E-state index contributed by atoms with van der Waals surface area (Å²) >= 11 is 0. The minimum Gasteiger partial charge on any atom is -0.370 e. The Balaban J connectivity index is 2.06. The second-order valence-electron chi connectivity index (χ2n) is 11.2. The van der Waals surface area contributed by atoms with E-state index in [1.165, 1.54) is 0 Å². The fourth-order valence-corrected chi connectivity index (χ4v) is 4.51. The number of unbranched alkanes of at least 4 members (excludes halogenated alkanes) is 3. The molecule has 1 aromatic heterocycles. The van der Waals surface area contributed by atoms with Gasteiger partial charge in [-0.05, 0) is 63.1 Å². The number of nitrogens with zero attached hydrogens (tertiary/aromatic N) is 7. The Kier molecular flexibility index (Phi) is 18.7. The molecule has 0 bridgehead atoms. The molecule has 1 heterocycles. The molecule has 4 amide bonds. The SMILES string of the molecule is Cc1nnc(-c2ccc(CNC(=O)[C@H](CCCCN=[N+]=[N-])NC(=O)[C@H](CCCNC(=N)N)NC(=O)CNC(=O)CCCCCN)cc2)nn1. The predicted octanol–water partition coefficient (Wildman–Crippen LogP) is 0.207. The topological polar surface area (TPSA) is 305 Å². The minimum atomic E-state index is -1.04. The van der Waals surface area contributed by atoms with E-state index in [2.05, 4.69) is 57.0 Å². The normalized spacial score (nSPS) is 11.7. The van der Waals surface area contributed by atoms with Crippen LogP contribution in [-0.2, 0) is 25.7 Å². The summed E-state index contributed by atoms with van der Waals surface area (Å²) in [6, 6.07) is 5.16. The second kappa shape index (κ2) is 23.0. The van der Waals surface area contributed by atoms with Gasteiger partial charge in [-0.3, -0.25) is 24.6 Å². The van der Waals surface area contributed by atoms with E-state index in [9.17, 15) is 19.2 Å². The van der Waals surface area contributed by atoms with Crippen LogP contribution in [-0.4, -0.2) is 88.2 Å². The summed E-state index contributed by atoms with van der Waals surface area (Å²) in [5.74, 6) is -1.31. The Bertz CT molecular complexity index is 1400. The molecule has 266 valence electrons. The zero-order valence-corrected chi connectivity index (χ0v) is 27.8. The molecule has 19 nitrogen and oxygen atoms in total. The van der Waals surface area contributed by atoms with Crippen molar-refractivity contribution in [1.29, 1.82) is 5.41 Å². The molecular formula is C30H47N15O4. The molecule has 0 aliphatic heterocycles. The van der Waals surface area contributed by atoms with Crippen molar-refractivity contribution in [3.8, 4) is 11.4 Å². The molecule has 0 saturated carbocycles. The van der Waals surface area contributed by atoms with Crippen molar-refractivity contribution in [2.24, 2.45) is 16.6 Å². The Labute approximate surface area is 284 Å². The number of amides is 4. The molecule has 2 rings (SSSR count). The van der Waals surface area contributed by atoms with Gasteiger partial charge in [0.2, 0.25) is 29.5 Å². The molecular weight excluding hydrogens is 634 g/mol. The molecule has 0 spiro atoms. The van der Waals surface area contributed by atoms with Crippen molar-refractivity contribution in [3.05, 3.63) is 46.1 Å². The molecule has 10 N–H and O–H groups in total. The van der Waals surface area contributed by atoms with E-state index in [0.717, 1.165) is 18.4 Å². The lowest BCUT2D eigenvalue weighted by molar-refractivity contribution is -0.132. The van der Waals surface area contributed by atoms with Gasteiger partial charge in [0.05, 0.1) is 6.54 Å². The van der Waals surface area contributed by atoms with Crippen LogP contribution < -0.4 is 38.1 Å². The third-order valence-electron chi connectivity index (χ3n) is 7.15. The number of hydrogen-bond donors (Lipinski definition) is 8. The summed E-state index contributed by atoms with van der Waals surface area (Å²) in [5, 5.41) is 40.2. The molecule has 0 unspecified atom stereocenters. The number of carbonyl (C=O) groups is 4. The van der Waals surface area contributed by atoms with Gasteiger partial charge < -0.3 is 38.1 Å². The maximum absolute atomic E-state index is 13.5. The van der Waals surface area contributed by atoms with E-state index < -0.39 is 29.8 Å². The molecule has 1 aromatic carbocycles. The van der Waals surface area contributed by atoms with Crippen LogP contribution in [0.4, 0.5) is 0 Å². The van der Waals surface area contributed by atoms with Crippen molar-refractivity contribution in [2.45, 2.75) is 83.3 Å². The summed E-state index contributed by atoms with van der Waals surface area (Å²) in [6.07, 6.45) is 4.26. The first-order valence-electron chi connectivity index (χ1n) is 16.2. The van der Waals surface area contributed by atoms with Crippen LogP contribution in [0.3, 0.4) is 0 Å². The number of azide groups is 1. The summed E-state index contributed by atoms with van der Waals surface area (Å²) in [7, 11) is 0. The van der Waals surface area contributed by atoms with E-state index in [4.69, 9.17) is 22.4 Å². The Morgan fingerprint density at radius 1 is 0.857 bits per heavy atom. The largest absolute Gasteiger partial charge is 0.370 e. The first kappa shape index (κ1) is 39.8. The third kappa shape index (κ3) is 16.8. The molecule has 19 heteroatoms. The van der Waals surface area contributed by atoms with Gasteiger partial charge in [-0.15, -0.1) is 20.4 Å². The highest BCUT2D eigenvalue weighted by molar-refractivity contribution is 5.93. The molecule has 0 radical (unpaired) electrons. The quantitative estimate of drug-likeness (QED) is 0.0196. The van der Waals surface area contributed by atoms with Gasteiger partial charge in [-0.25, -0.2) is 0 Å². The van der Waals surface area contributed by atoms with Crippen LogP contribution in [0, 0.1) is 12.3 Å². The summed E-state index contributed by atoms with van der Waals surface area (Å²) in [6.45, 7) is 2.59. The highest BCUT2D eigenvalue weighted by Gasteiger charge is 2.26. The molecule has 0 fully saturated rings. The van der Waals surface area contributed by atoms with Crippen molar-refractivity contribution in [1.82, 2.24) is 47.0 Å². The van der Waals surface area contributed by atoms with Gasteiger partial charge in [0.1, 0.15) is 12.1 Å². The fraction of sp³-hybridized carbons (Fsp3) is 0.567. The third-order valence-corrected chi connectivity index (χ3v) is 7.15. The fourth-order valence-electron chi connectivity index (χ4n) is 4.51. The molecule has 49 heavy (non-hydrogen) atoms. The lowest BCUT2D eigenvalue weighted by Gasteiger charge is -2.23. The standard InChI is InChI=1S/C30H47N15O4/c1-20-41-43-27(44-42-20)22-13-11-21(12-14-22)18-37-28(48)23(8-4-6-17-38-45-34)40-29(49)24(9-7-16-35-30(32)33)39-26(47)19-36-25(46)10-3-2-5-15-31/h11-14,23-24H,2-10,15-19,31H2,1H3,(H,36,46)(H,37,48)(H,39,47)(H,40,49)(H4,32,33,35)/t23-,24-/m0/s1. The van der Waals surface area contributed by atoms with Gasteiger partial charge in [0.25, 0.3) is 0 Å². The lowest BCUT2D eigenvalue weighted by Crippen LogP contribution is -2.54. The van der Waals surface area contributed by atoms with Crippen LogP contribution in [0.25, 0.3) is 21.8 Å². The van der Waals surface area contributed by atoms with Crippen LogP contribution in [0.1, 0.15) is 69.2 Å². The van der Waals surface area contributed by atoms with E-state index in [-0.39, 0.29) is 57.3 Å². The highest BCUT2D eigenvalue weighted by Crippen LogP contribution is 2.14. The first-order valence-corrected chi connectivity index (χ1v) is 16.2. The van der Waals surface area contributed by atoms with Gasteiger partial charge in [0, 0.05) is 36.5 Å². The van der Waals surface area contributed by atoms with Crippen LogP contribution in [0.2, 0.25) is 0 Å². The number of aromatic nitrogens is 4. The highest BCUT2D eigenvalue weighted by atomic mass is 16.2. The van der Waals surface area contributed by atoms with Crippen molar-refractivity contribution < 1.29 is 19.2 Å². The van der Waals surface area contributed by atoms with E-state index in [1.807, 2.05) is 0 Å².